The van der Waals surface area contributed by atoms with Gasteiger partial charge in [0.2, 0.25) is 0 Å². The highest BCUT2D eigenvalue weighted by Gasteiger charge is 2.08. The third-order valence-corrected chi connectivity index (χ3v) is 3.13. The largest absolute Gasteiger partial charge is 0.496 e. The number of aromatic nitrogens is 2. The van der Waals surface area contributed by atoms with Crippen LogP contribution in [0.3, 0.4) is 0 Å². The fourth-order valence-electron chi connectivity index (χ4n) is 1.84. The lowest BCUT2D eigenvalue weighted by Gasteiger charge is -2.10. The molecule has 0 spiro atoms. The molecule has 104 valence electrons. The number of hydrogen-bond acceptors (Lipinski definition) is 5. The van der Waals surface area contributed by atoms with Crippen molar-refractivity contribution in [1.82, 2.24) is 9.97 Å². The van der Waals surface area contributed by atoms with E-state index >= 15 is 0 Å². The fraction of sp³-hybridized carbons (Fsp3) is 0.214. The first-order chi connectivity index (χ1) is 9.76. The lowest BCUT2D eigenvalue weighted by Crippen LogP contribution is -2.09. The number of anilines is 1. The molecule has 2 aromatic rings. The summed E-state index contributed by atoms with van der Waals surface area (Å²) in [5.41, 5.74) is 1.35. The second-order valence-corrected chi connectivity index (χ2v) is 4.39. The molecule has 0 amide bonds. The van der Waals surface area contributed by atoms with E-state index in [2.05, 4.69) is 15.3 Å². The van der Waals surface area contributed by atoms with Gasteiger partial charge in [0.05, 0.1) is 12.7 Å². The number of rotatable bonds is 6. The van der Waals surface area contributed by atoms with Crippen molar-refractivity contribution in [2.75, 3.05) is 19.0 Å². The Balaban J connectivity index is 2.03. The molecule has 0 atom stereocenters. The molecule has 0 aliphatic carbocycles. The number of ether oxygens (including phenoxy) is 1. The maximum atomic E-state index is 11.0. The molecule has 0 aliphatic heterocycles. The van der Waals surface area contributed by atoms with Gasteiger partial charge in [0, 0.05) is 6.54 Å². The zero-order valence-corrected chi connectivity index (χ0v) is 11.7. The second-order valence-electron chi connectivity index (χ2n) is 4.03. The standard InChI is InChI=1S/C14H14ClN3O2/c1-20-12-5-3-2-4-10(12)6-7-16-14-11(8-19)13(15)17-9-18-14/h2-5,8-9H,6-7H2,1H3,(H,16,17,18). The topological polar surface area (TPSA) is 64.1 Å². The highest BCUT2D eigenvalue weighted by Crippen LogP contribution is 2.19. The maximum Gasteiger partial charge on any atom is 0.156 e. The van der Waals surface area contributed by atoms with Gasteiger partial charge in [0.15, 0.2) is 6.29 Å². The van der Waals surface area contributed by atoms with Crippen LogP contribution in [-0.4, -0.2) is 29.9 Å². The van der Waals surface area contributed by atoms with E-state index in [1.165, 1.54) is 6.33 Å². The quantitative estimate of drug-likeness (QED) is 0.655. The molecule has 0 bridgehead atoms. The molecule has 5 nitrogen and oxygen atoms in total. The van der Waals surface area contributed by atoms with E-state index in [1.807, 2.05) is 24.3 Å². The number of nitrogens with zero attached hydrogens (tertiary/aromatic N) is 2. The van der Waals surface area contributed by atoms with Crippen LogP contribution in [0, 0.1) is 0 Å². The summed E-state index contributed by atoms with van der Waals surface area (Å²) in [6.45, 7) is 0.606. The minimum absolute atomic E-state index is 0.148. The first kappa shape index (κ1) is 14.3. The number of benzene rings is 1. The number of para-hydroxylation sites is 1. The Hall–Kier alpha value is -2.14. The number of carbonyl (C=O) groups excluding carboxylic acids is 1. The molecular formula is C14H14ClN3O2. The van der Waals surface area contributed by atoms with E-state index in [0.717, 1.165) is 17.7 Å². The van der Waals surface area contributed by atoms with Crippen molar-refractivity contribution in [2.24, 2.45) is 0 Å². The number of hydrogen-bond donors (Lipinski definition) is 1. The maximum absolute atomic E-state index is 11.0. The number of nitrogens with one attached hydrogen (secondary N) is 1. The number of halogens is 1. The van der Waals surface area contributed by atoms with Crippen LogP contribution >= 0.6 is 11.6 Å². The van der Waals surface area contributed by atoms with Crippen molar-refractivity contribution in [3.8, 4) is 5.75 Å². The van der Waals surface area contributed by atoms with E-state index in [-0.39, 0.29) is 10.7 Å². The summed E-state index contributed by atoms with van der Waals surface area (Å²) in [7, 11) is 1.64. The summed E-state index contributed by atoms with van der Waals surface area (Å²) < 4.78 is 5.28. The van der Waals surface area contributed by atoms with Gasteiger partial charge in [-0.2, -0.15) is 0 Å². The second kappa shape index (κ2) is 6.86. The summed E-state index contributed by atoms with van der Waals surface area (Å²) in [5, 5.41) is 3.23. The highest BCUT2D eigenvalue weighted by atomic mass is 35.5. The smallest absolute Gasteiger partial charge is 0.156 e. The van der Waals surface area contributed by atoms with Gasteiger partial charge in [0.1, 0.15) is 23.0 Å². The van der Waals surface area contributed by atoms with Crippen molar-refractivity contribution in [1.29, 1.82) is 0 Å². The average Bonchev–Trinajstić information content (AvgIpc) is 2.48. The minimum atomic E-state index is 0.148. The van der Waals surface area contributed by atoms with Gasteiger partial charge in [-0.1, -0.05) is 29.8 Å². The Bertz CT molecular complexity index is 605. The summed E-state index contributed by atoms with van der Waals surface area (Å²) in [6, 6.07) is 7.78. The predicted octanol–water partition coefficient (Wildman–Crippen LogP) is 2.61. The van der Waals surface area contributed by atoms with Crippen molar-refractivity contribution in [3.63, 3.8) is 0 Å². The Morgan fingerprint density at radius 2 is 2.15 bits per heavy atom. The summed E-state index contributed by atoms with van der Waals surface area (Å²) in [5.74, 6) is 1.28. The van der Waals surface area contributed by atoms with Crippen LogP contribution in [0.15, 0.2) is 30.6 Å². The lowest BCUT2D eigenvalue weighted by molar-refractivity contribution is 0.112. The summed E-state index contributed by atoms with van der Waals surface area (Å²) in [6.07, 6.45) is 2.71. The monoisotopic (exact) mass is 291 g/mol. The molecule has 1 N–H and O–H groups in total. The Labute approximate surface area is 122 Å². The van der Waals surface area contributed by atoms with Gasteiger partial charge < -0.3 is 10.1 Å². The van der Waals surface area contributed by atoms with Crippen LogP contribution in [0.1, 0.15) is 15.9 Å². The normalized spacial score (nSPS) is 10.1. The van der Waals surface area contributed by atoms with E-state index in [1.54, 1.807) is 7.11 Å². The molecule has 0 saturated heterocycles. The Kier molecular flexibility index (Phi) is 4.90. The molecular weight excluding hydrogens is 278 g/mol. The molecule has 0 fully saturated rings. The molecule has 1 heterocycles. The van der Waals surface area contributed by atoms with Gasteiger partial charge in [-0.15, -0.1) is 0 Å². The lowest BCUT2D eigenvalue weighted by atomic mass is 10.1. The summed E-state index contributed by atoms with van der Waals surface area (Å²) >= 11 is 5.83. The van der Waals surface area contributed by atoms with Gasteiger partial charge in [-0.25, -0.2) is 9.97 Å². The molecule has 1 aromatic heterocycles. The molecule has 2 rings (SSSR count). The van der Waals surface area contributed by atoms with E-state index in [0.29, 0.717) is 18.6 Å². The first-order valence-corrected chi connectivity index (χ1v) is 6.45. The Morgan fingerprint density at radius 1 is 1.35 bits per heavy atom. The van der Waals surface area contributed by atoms with Gasteiger partial charge in [0.25, 0.3) is 0 Å². The average molecular weight is 292 g/mol. The minimum Gasteiger partial charge on any atom is -0.496 e. The number of methoxy groups -OCH3 is 1. The third kappa shape index (κ3) is 3.24. The van der Waals surface area contributed by atoms with Gasteiger partial charge in [-0.05, 0) is 18.1 Å². The molecule has 0 unspecified atom stereocenters. The van der Waals surface area contributed by atoms with Crippen LogP contribution in [0.5, 0.6) is 5.75 Å². The Morgan fingerprint density at radius 3 is 2.90 bits per heavy atom. The number of carbonyl (C=O) groups is 1. The molecule has 1 aromatic carbocycles. The molecule has 0 saturated carbocycles. The van der Waals surface area contributed by atoms with E-state index in [4.69, 9.17) is 16.3 Å². The SMILES string of the molecule is COc1ccccc1CCNc1ncnc(Cl)c1C=O. The first-order valence-electron chi connectivity index (χ1n) is 6.07. The third-order valence-electron chi connectivity index (χ3n) is 2.83. The molecule has 0 radical (unpaired) electrons. The van der Waals surface area contributed by atoms with Crippen LogP contribution in [0.4, 0.5) is 5.82 Å². The van der Waals surface area contributed by atoms with Crippen LogP contribution in [0.25, 0.3) is 0 Å². The van der Waals surface area contributed by atoms with E-state index in [9.17, 15) is 4.79 Å². The predicted molar refractivity (Wildman–Crippen MR) is 77.6 cm³/mol. The van der Waals surface area contributed by atoms with Crippen molar-refractivity contribution in [3.05, 3.63) is 46.9 Å². The molecule has 0 aliphatic rings. The zero-order chi connectivity index (χ0) is 14.4. The summed E-state index contributed by atoms with van der Waals surface area (Å²) in [4.78, 5) is 18.7. The van der Waals surface area contributed by atoms with Gasteiger partial charge in [-0.3, -0.25) is 4.79 Å². The zero-order valence-electron chi connectivity index (χ0n) is 11.0. The highest BCUT2D eigenvalue weighted by molar-refractivity contribution is 6.32. The van der Waals surface area contributed by atoms with Crippen molar-refractivity contribution in [2.45, 2.75) is 6.42 Å². The van der Waals surface area contributed by atoms with Gasteiger partial charge >= 0.3 is 0 Å². The number of aldehydes is 1. The van der Waals surface area contributed by atoms with E-state index < -0.39 is 0 Å². The van der Waals surface area contributed by atoms with Crippen LogP contribution in [-0.2, 0) is 6.42 Å². The molecule has 20 heavy (non-hydrogen) atoms. The van der Waals surface area contributed by atoms with Crippen molar-refractivity contribution < 1.29 is 9.53 Å². The fourth-order valence-corrected chi connectivity index (χ4v) is 2.02. The van der Waals surface area contributed by atoms with Crippen molar-refractivity contribution >= 4 is 23.7 Å². The van der Waals surface area contributed by atoms with Crippen LogP contribution < -0.4 is 10.1 Å². The molecule has 6 heteroatoms. The van der Waals surface area contributed by atoms with Crippen LogP contribution in [0.2, 0.25) is 5.15 Å².